The molecule has 1 aliphatic heterocycles. The van der Waals surface area contributed by atoms with Gasteiger partial charge in [-0.25, -0.2) is 0 Å². The third-order valence-electron chi connectivity index (χ3n) is 3.76. The van der Waals surface area contributed by atoms with Crippen LogP contribution in [0.25, 0.3) is 0 Å². The van der Waals surface area contributed by atoms with Gasteiger partial charge in [-0.1, -0.05) is 12.8 Å². The first-order chi connectivity index (χ1) is 8.90. The fourth-order valence-corrected chi connectivity index (χ4v) is 3.30. The molecule has 0 aromatic heterocycles. The van der Waals surface area contributed by atoms with Crippen molar-refractivity contribution >= 4 is 21.9 Å². The highest BCUT2D eigenvalue weighted by atomic mass is 32.2. The van der Waals surface area contributed by atoms with Gasteiger partial charge in [0, 0.05) is 6.54 Å². The standard InChI is InChI=1S/C12H19NO5S/c1-19(16,17)18-8-4-7-13-11(14)9-5-2-3-6-10(9)12(13)15/h9-10H,2-8H2,1H3. The molecule has 2 rings (SSSR count). The van der Waals surface area contributed by atoms with E-state index in [1.54, 1.807) is 0 Å². The van der Waals surface area contributed by atoms with Crippen molar-refractivity contribution in [3.05, 3.63) is 0 Å². The number of carbonyl (C=O) groups excluding carboxylic acids is 2. The number of carbonyl (C=O) groups is 2. The molecule has 0 bridgehead atoms. The predicted octanol–water partition coefficient (Wildman–Crippen LogP) is 0.528. The van der Waals surface area contributed by atoms with Crippen LogP contribution in [0.2, 0.25) is 0 Å². The molecule has 1 heterocycles. The number of nitrogens with zero attached hydrogens (tertiary/aromatic N) is 1. The van der Waals surface area contributed by atoms with Crippen LogP contribution in [0.4, 0.5) is 0 Å². The van der Waals surface area contributed by atoms with Crippen LogP contribution >= 0.6 is 0 Å². The number of hydrogen-bond donors (Lipinski definition) is 0. The fraction of sp³-hybridized carbons (Fsp3) is 0.833. The molecule has 0 spiro atoms. The van der Waals surface area contributed by atoms with Crippen molar-refractivity contribution < 1.29 is 22.2 Å². The van der Waals surface area contributed by atoms with Crippen molar-refractivity contribution in [2.24, 2.45) is 11.8 Å². The van der Waals surface area contributed by atoms with Gasteiger partial charge in [0.1, 0.15) is 0 Å². The normalized spacial score (nSPS) is 27.7. The Kier molecular flexibility index (Phi) is 4.25. The van der Waals surface area contributed by atoms with Gasteiger partial charge in [0.05, 0.1) is 24.7 Å². The molecular weight excluding hydrogens is 270 g/mol. The lowest BCUT2D eigenvalue weighted by atomic mass is 9.81. The van der Waals surface area contributed by atoms with Gasteiger partial charge in [0.25, 0.3) is 10.1 Å². The number of fused-ring (bicyclic) bond motifs is 1. The molecular formula is C12H19NO5S. The lowest BCUT2D eigenvalue weighted by Crippen LogP contribution is -2.32. The zero-order valence-electron chi connectivity index (χ0n) is 11.0. The molecule has 0 aromatic carbocycles. The zero-order valence-corrected chi connectivity index (χ0v) is 11.8. The van der Waals surface area contributed by atoms with E-state index in [1.165, 1.54) is 4.90 Å². The summed E-state index contributed by atoms with van der Waals surface area (Å²) >= 11 is 0. The highest BCUT2D eigenvalue weighted by molar-refractivity contribution is 7.85. The number of hydrogen-bond acceptors (Lipinski definition) is 5. The molecule has 1 saturated heterocycles. The van der Waals surface area contributed by atoms with Crippen LogP contribution in [-0.2, 0) is 23.9 Å². The van der Waals surface area contributed by atoms with E-state index in [-0.39, 0.29) is 36.8 Å². The Morgan fingerprint density at radius 3 is 2.16 bits per heavy atom. The fourth-order valence-electron chi connectivity index (χ4n) is 2.88. The topological polar surface area (TPSA) is 80.8 Å². The molecule has 19 heavy (non-hydrogen) atoms. The van der Waals surface area contributed by atoms with Gasteiger partial charge in [0.15, 0.2) is 0 Å². The average molecular weight is 289 g/mol. The minimum absolute atomic E-state index is 0.00519. The number of imide groups is 1. The predicted molar refractivity (Wildman–Crippen MR) is 67.6 cm³/mol. The molecule has 2 atom stereocenters. The summed E-state index contributed by atoms with van der Waals surface area (Å²) < 4.78 is 26.2. The van der Waals surface area contributed by atoms with E-state index < -0.39 is 10.1 Å². The molecule has 7 heteroatoms. The number of likely N-dealkylation sites (tertiary alicyclic amines) is 1. The van der Waals surface area contributed by atoms with Crippen LogP contribution in [0.1, 0.15) is 32.1 Å². The summed E-state index contributed by atoms with van der Waals surface area (Å²) in [5.74, 6) is -0.461. The molecule has 0 aromatic rings. The Bertz CT molecular complexity index is 449. The van der Waals surface area contributed by atoms with Gasteiger partial charge in [0.2, 0.25) is 11.8 Å². The first-order valence-corrected chi connectivity index (χ1v) is 8.41. The third-order valence-corrected chi connectivity index (χ3v) is 4.35. The van der Waals surface area contributed by atoms with Crippen LogP contribution in [0.3, 0.4) is 0 Å². The van der Waals surface area contributed by atoms with E-state index in [9.17, 15) is 18.0 Å². The highest BCUT2D eigenvalue weighted by Gasteiger charge is 2.47. The Morgan fingerprint density at radius 1 is 1.16 bits per heavy atom. The monoisotopic (exact) mass is 289 g/mol. The summed E-state index contributed by atoms with van der Waals surface area (Å²) in [4.78, 5) is 25.5. The smallest absolute Gasteiger partial charge is 0.264 e. The number of rotatable bonds is 5. The summed E-state index contributed by atoms with van der Waals surface area (Å²) in [6.07, 6.45) is 4.94. The summed E-state index contributed by atoms with van der Waals surface area (Å²) in [6, 6.07) is 0. The van der Waals surface area contributed by atoms with Gasteiger partial charge in [-0.3, -0.25) is 18.7 Å². The zero-order chi connectivity index (χ0) is 14.0. The van der Waals surface area contributed by atoms with E-state index in [0.29, 0.717) is 6.42 Å². The van der Waals surface area contributed by atoms with Crippen molar-refractivity contribution in [1.29, 1.82) is 0 Å². The third kappa shape index (κ3) is 3.33. The first-order valence-electron chi connectivity index (χ1n) is 6.60. The molecule has 1 saturated carbocycles. The second kappa shape index (κ2) is 5.58. The number of amides is 2. The van der Waals surface area contributed by atoms with Gasteiger partial charge in [-0.2, -0.15) is 8.42 Å². The first kappa shape index (κ1) is 14.5. The second-order valence-corrected chi connectivity index (χ2v) is 6.85. The quantitative estimate of drug-likeness (QED) is 0.419. The maximum Gasteiger partial charge on any atom is 0.264 e. The Hall–Kier alpha value is -0.950. The van der Waals surface area contributed by atoms with Crippen LogP contribution in [0.15, 0.2) is 0 Å². The van der Waals surface area contributed by atoms with Gasteiger partial charge >= 0.3 is 0 Å². The SMILES string of the molecule is CS(=O)(=O)OCCCN1C(=O)C2CCCCC2C1=O. The lowest BCUT2D eigenvalue weighted by Gasteiger charge is -2.19. The molecule has 1 aliphatic carbocycles. The average Bonchev–Trinajstić information content (AvgIpc) is 2.58. The Balaban J connectivity index is 1.87. The van der Waals surface area contributed by atoms with Crippen LogP contribution in [-0.4, -0.2) is 44.5 Å². The van der Waals surface area contributed by atoms with E-state index >= 15 is 0 Å². The van der Waals surface area contributed by atoms with Crippen LogP contribution in [0.5, 0.6) is 0 Å². The van der Waals surface area contributed by atoms with Crippen LogP contribution < -0.4 is 0 Å². The lowest BCUT2D eigenvalue weighted by molar-refractivity contribution is -0.140. The molecule has 2 unspecified atom stereocenters. The largest absolute Gasteiger partial charge is 0.282 e. The van der Waals surface area contributed by atoms with Crippen molar-refractivity contribution in [2.75, 3.05) is 19.4 Å². The summed E-state index contributed by atoms with van der Waals surface area (Å²) in [5.41, 5.74) is 0. The van der Waals surface area contributed by atoms with Crippen molar-refractivity contribution in [1.82, 2.24) is 4.90 Å². The summed E-state index contributed by atoms with van der Waals surface area (Å²) in [7, 11) is -3.46. The van der Waals surface area contributed by atoms with Gasteiger partial charge in [-0.05, 0) is 19.3 Å². The van der Waals surface area contributed by atoms with Gasteiger partial charge < -0.3 is 0 Å². The minimum Gasteiger partial charge on any atom is -0.282 e. The summed E-state index contributed by atoms with van der Waals surface area (Å²) in [5, 5.41) is 0. The Labute approximate surface area is 113 Å². The Morgan fingerprint density at radius 2 is 1.68 bits per heavy atom. The van der Waals surface area contributed by atoms with Gasteiger partial charge in [-0.15, -0.1) is 0 Å². The highest BCUT2D eigenvalue weighted by Crippen LogP contribution is 2.37. The van der Waals surface area contributed by atoms with E-state index in [4.69, 9.17) is 0 Å². The maximum absolute atomic E-state index is 12.1. The second-order valence-electron chi connectivity index (χ2n) is 5.21. The molecule has 108 valence electrons. The maximum atomic E-state index is 12.1. The van der Waals surface area contributed by atoms with Crippen molar-refractivity contribution in [2.45, 2.75) is 32.1 Å². The molecule has 6 nitrogen and oxygen atoms in total. The van der Waals surface area contributed by atoms with Crippen LogP contribution in [0, 0.1) is 11.8 Å². The molecule has 2 fully saturated rings. The molecule has 2 aliphatic rings. The van der Waals surface area contributed by atoms with E-state index in [2.05, 4.69) is 4.18 Å². The van der Waals surface area contributed by atoms with E-state index in [1.807, 2.05) is 0 Å². The van der Waals surface area contributed by atoms with E-state index in [0.717, 1.165) is 31.9 Å². The van der Waals surface area contributed by atoms with Crippen molar-refractivity contribution in [3.63, 3.8) is 0 Å². The van der Waals surface area contributed by atoms with Crippen molar-refractivity contribution in [3.8, 4) is 0 Å². The summed E-state index contributed by atoms with van der Waals surface area (Å²) in [6.45, 7) is 0.255. The molecule has 0 radical (unpaired) electrons. The molecule has 2 amide bonds. The minimum atomic E-state index is -3.46. The molecule has 0 N–H and O–H groups in total.